The third kappa shape index (κ3) is 4.20. The minimum atomic E-state index is -2.11. The molecular weight excluding hydrogens is 526 g/mol. The summed E-state index contributed by atoms with van der Waals surface area (Å²) in [5.41, 5.74) is 6.23. The van der Waals surface area contributed by atoms with Gasteiger partial charge in [0.2, 0.25) is 11.1 Å². The Balaban J connectivity index is 1.41. The number of aromatic nitrogens is 8. The molecular formula is C17H16ClN9O6S2. The number of thiophene rings is 1. The van der Waals surface area contributed by atoms with Crippen molar-refractivity contribution in [1.29, 1.82) is 0 Å². The van der Waals surface area contributed by atoms with Crippen LogP contribution in [-0.2, 0) is 19.2 Å². The number of aliphatic carboxylic acids is 1. The number of H-pyrrole nitrogens is 1. The van der Waals surface area contributed by atoms with Crippen LogP contribution in [0.5, 0.6) is 0 Å². The number of fused-ring (bicyclic) bond motifs is 1. The number of thioether (sulfide) groups is 1. The van der Waals surface area contributed by atoms with Gasteiger partial charge in [0.25, 0.3) is 4.93 Å². The third-order valence-electron chi connectivity index (χ3n) is 5.16. The van der Waals surface area contributed by atoms with E-state index in [2.05, 4.69) is 35.6 Å². The molecule has 5 heterocycles. The van der Waals surface area contributed by atoms with Crippen molar-refractivity contribution < 1.29 is 29.6 Å². The van der Waals surface area contributed by atoms with Crippen molar-refractivity contribution in [2.24, 2.45) is 0 Å². The highest BCUT2D eigenvalue weighted by atomic mass is 35.5. The summed E-state index contributed by atoms with van der Waals surface area (Å²) in [6, 6.07) is 1.71. The van der Waals surface area contributed by atoms with Gasteiger partial charge in [-0.15, -0.1) is 10.2 Å². The quantitative estimate of drug-likeness (QED) is 0.113. The molecule has 6 N–H and O–H groups in total. The summed E-state index contributed by atoms with van der Waals surface area (Å²) >= 11 is 8.10. The van der Waals surface area contributed by atoms with E-state index in [9.17, 15) is 20.1 Å². The Bertz CT molecular complexity index is 1340. The molecule has 0 saturated carbocycles. The fourth-order valence-corrected chi connectivity index (χ4v) is 5.50. The van der Waals surface area contributed by atoms with Gasteiger partial charge in [0.1, 0.15) is 23.8 Å². The van der Waals surface area contributed by atoms with E-state index < -0.39 is 42.0 Å². The average Bonchev–Trinajstić information content (AvgIpc) is 3.61. The fraction of sp³-hybridized carbons (Fsp3) is 0.353. The molecule has 1 aliphatic heterocycles. The maximum Gasteiger partial charge on any atom is 0.355 e. The molecule has 1 saturated heterocycles. The first-order chi connectivity index (χ1) is 16.8. The number of nitrogens with one attached hydrogen (secondary N) is 1. The summed E-state index contributed by atoms with van der Waals surface area (Å²) in [7, 11) is 0. The largest absolute Gasteiger partial charge is 0.478 e. The van der Waals surface area contributed by atoms with Gasteiger partial charge in [-0.1, -0.05) is 17.0 Å². The highest BCUT2D eigenvalue weighted by molar-refractivity contribution is 8.00. The van der Waals surface area contributed by atoms with Gasteiger partial charge in [-0.3, -0.25) is 4.57 Å². The van der Waals surface area contributed by atoms with Crippen molar-refractivity contribution in [1.82, 2.24) is 40.1 Å². The zero-order chi connectivity index (χ0) is 24.7. The number of ether oxygens (including phenoxy) is 2. The minimum absolute atomic E-state index is 0.0310. The number of aromatic amines is 1. The van der Waals surface area contributed by atoms with Crippen molar-refractivity contribution >= 4 is 57.7 Å². The second kappa shape index (κ2) is 9.26. The van der Waals surface area contributed by atoms with Crippen molar-refractivity contribution in [2.75, 3.05) is 12.3 Å². The molecule has 0 spiro atoms. The van der Waals surface area contributed by atoms with E-state index in [1.54, 1.807) is 16.8 Å². The van der Waals surface area contributed by atoms with E-state index in [-0.39, 0.29) is 28.1 Å². The number of nitrogen functional groups attached to an aromatic ring is 1. The Labute approximate surface area is 208 Å². The predicted molar refractivity (Wildman–Crippen MR) is 120 cm³/mol. The molecule has 4 aromatic rings. The molecule has 0 radical (unpaired) electrons. The van der Waals surface area contributed by atoms with Crippen molar-refractivity contribution in [3.63, 3.8) is 0 Å². The number of nitrogens with zero attached hydrogens (tertiary/aromatic N) is 7. The lowest BCUT2D eigenvalue weighted by Crippen LogP contribution is -2.41. The number of nitrogens with two attached hydrogens (primary N) is 1. The smallest absolute Gasteiger partial charge is 0.355 e. The van der Waals surface area contributed by atoms with Gasteiger partial charge >= 0.3 is 5.97 Å². The van der Waals surface area contributed by atoms with E-state index in [1.807, 2.05) is 0 Å². The molecule has 1 fully saturated rings. The molecule has 1 unspecified atom stereocenters. The average molecular weight is 542 g/mol. The number of anilines is 1. The maximum absolute atomic E-state index is 12.4. The van der Waals surface area contributed by atoms with Crippen LogP contribution in [0.4, 0.5) is 5.82 Å². The fourth-order valence-electron chi connectivity index (χ4n) is 3.51. The van der Waals surface area contributed by atoms with Gasteiger partial charge < -0.3 is 30.5 Å². The first-order valence-corrected chi connectivity index (χ1v) is 11.9. The molecule has 5 rings (SSSR count). The Morgan fingerprint density at radius 3 is 2.91 bits per heavy atom. The molecule has 0 aromatic carbocycles. The molecule has 18 heteroatoms. The molecule has 4 aromatic heterocycles. The molecule has 0 aliphatic carbocycles. The first kappa shape index (κ1) is 23.8. The van der Waals surface area contributed by atoms with Gasteiger partial charge in [0.15, 0.2) is 17.7 Å². The minimum Gasteiger partial charge on any atom is -0.478 e. The van der Waals surface area contributed by atoms with Crippen LogP contribution in [0, 0.1) is 0 Å². The van der Waals surface area contributed by atoms with Crippen LogP contribution in [-0.4, -0.2) is 86.4 Å². The zero-order valence-corrected chi connectivity index (χ0v) is 19.7. The molecule has 1 aliphatic rings. The molecule has 0 bridgehead atoms. The lowest BCUT2D eigenvalue weighted by molar-refractivity contribution is -0.161. The standard InChI is InChI=1S/C17H16ClN9O6S2/c18-16-21-11(19)8-12(22-16)27(5-20-8)13-10(29)9(28)7(33-13)3-32-17(15(30)31,14-23-25-26-24-14)35-6-1-2-34-4-6/h1-2,4-5,7,9-10,13,28-29H,3H2,(H,30,31)(H2,19,21,22)(H,23,24,25,26)/t7-,9-,10-,13-,17?/m1/s1. The highest BCUT2D eigenvalue weighted by Gasteiger charge is 2.51. The second-order valence-corrected chi connectivity index (χ2v) is 9.65. The summed E-state index contributed by atoms with van der Waals surface area (Å²) in [6.45, 7) is -0.447. The number of carbonyl (C=O) groups is 1. The number of carboxylic acid groups (broad SMARTS) is 1. The van der Waals surface area contributed by atoms with Crippen molar-refractivity contribution in [3.05, 3.63) is 34.3 Å². The Hall–Kier alpha value is -2.93. The maximum atomic E-state index is 12.4. The summed E-state index contributed by atoms with van der Waals surface area (Å²) in [5.74, 6) is -1.61. The monoisotopic (exact) mass is 541 g/mol. The SMILES string of the molecule is Nc1nc(Cl)nc2c1ncn2[C@@H]1O[C@H](COC(Sc2ccsc2)(C(=O)O)c2nn[nH]n2)[C@@H](O)[C@H]1O. The summed E-state index contributed by atoms with van der Waals surface area (Å²) in [6.07, 6.45) is -3.87. The van der Waals surface area contributed by atoms with Crippen LogP contribution < -0.4 is 5.73 Å². The summed E-state index contributed by atoms with van der Waals surface area (Å²) in [4.78, 5) is 22.9. The van der Waals surface area contributed by atoms with Crippen LogP contribution in [0.3, 0.4) is 0 Å². The lowest BCUT2D eigenvalue weighted by Gasteiger charge is -2.27. The normalized spacial score (nSPS) is 24.1. The first-order valence-electron chi connectivity index (χ1n) is 9.80. The van der Waals surface area contributed by atoms with Crippen LogP contribution in [0.25, 0.3) is 11.2 Å². The van der Waals surface area contributed by atoms with E-state index in [1.165, 1.54) is 22.2 Å². The number of imidazole rings is 1. The molecule has 15 nitrogen and oxygen atoms in total. The van der Waals surface area contributed by atoms with E-state index in [0.29, 0.717) is 4.90 Å². The molecule has 184 valence electrons. The summed E-state index contributed by atoms with van der Waals surface area (Å²) in [5, 5.41) is 48.1. The number of rotatable bonds is 8. The Morgan fingerprint density at radius 1 is 1.40 bits per heavy atom. The van der Waals surface area contributed by atoms with Gasteiger partial charge in [-0.2, -0.15) is 26.5 Å². The summed E-state index contributed by atoms with van der Waals surface area (Å²) < 4.78 is 13.0. The van der Waals surface area contributed by atoms with Gasteiger partial charge in [0, 0.05) is 10.3 Å². The number of carboxylic acids is 1. The van der Waals surface area contributed by atoms with E-state index >= 15 is 0 Å². The lowest BCUT2D eigenvalue weighted by atomic mass is 10.1. The number of aliphatic hydroxyl groups is 2. The second-order valence-electron chi connectivity index (χ2n) is 7.28. The van der Waals surface area contributed by atoms with Crippen LogP contribution in [0.2, 0.25) is 5.28 Å². The van der Waals surface area contributed by atoms with Crippen LogP contribution >= 0.6 is 34.7 Å². The molecule has 5 atom stereocenters. The van der Waals surface area contributed by atoms with Gasteiger partial charge in [0.05, 0.1) is 12.9 Å². The Morgan fingerprint density at radius 2 is 2.23 bits per heavy atom. The van der Waals surface area contributed by atoms with Crippen molar-refractivity contribution in [2.45, 2.75) is 34.4 Å². The number of halogens is 1. The number of aliphatic hydroxyl groups excluding tert-OH is 2. The Kier molecular flexibility index (Phi) is 6.30. The zero-order valence-electron chi connectivity index (χ0n) is 17.3. The van der Waals surface area contributed by atoms with Crippen LogP contribution in [0.1, 0.15) is 12.1 Å². The van der Waals surface area contributed by atoms with E-state index in [4.69, 9.17) is 26.8 Å². The van der Waals surface area contributed by atoms with Gasteiger partial charge in [-0.05, 0) is 23.0 Å². The number of hydrogen-bond donors (Lipinski definition) is 5. The molecule has 0 amide bonds. The highest BCUT2D eigenvalue weighted by Crippen LogP contribution is 2.43. The number of tetrazole rings is 1. The number of hydrogen-bond acceptors (Lipinski definition) is 14. The van der Waals surface area contributed by atoms with E-state index in [0.717, 1.165) is 11.8 Å². The topological polar surface area (TPSA) is 220 Å². The predicted octanol–water partition coefficient (Wildman–Crippen LogP) is 0.00220. The third-order valence-corrected chi connectivity index (χ3v) is 7.41. The van der Waals surface area contributed by atoms with Crippen molar-refractivity contribution in [3.8, 4) is 0 Å². The van der Waals surface area contributed by atoms with Gasteiger partial charge in [-0.25, -0.2) is 9.78 Å². The molecule has 35 heavy (non-hydrogen) atoms. The van der Waals surface area contributed by atoms with Crippen LogP contribution in [0.15, 0.2) is 28.0 Å².